The van der Waals surface area contributed by atoms with Gasteiger partial charge < -0.3 is 9.84 Å². The first-order chi connectivity index (χ1) is 9.86. The lowest BCUT2D eigenvalue weighted by Gasteiger charge is -2.09. The second kappa shape index (κ2) is 5.72. The Morgan fingerprint density at radius 2 is 1.75 bits per heavy atom. The molecule has 0 saturated carbocycles. The zero-order chi connectivity index (χ0) is 13.8. The van der Waals surface area contributed by atoms with Crippen LogP contribution in [-0.4, -0.2) is 10.1 Å². The normalized spacial score (nSPS) is 10.7. The minimum Gasteiger partial charge on any atom is -0.489 e. The van der Waals surface area contributed by atoms with E-state index in [1.807, 2.05) is 48.5 Å². The van der Waals surface area contributed by atoms with Crippen LogP contribution in [0.15, 0.2) is 60.8 Å². The maximum absolute atomic E-state index is 9.01. The predicted molar refractivity (Wildman–Crippen MR) is 78.4 cm³/mol. The van der Waals surface area contributed by atoms with E-state index in [1.54, 1.807) is 6.20 Å². The number of aromatic nitrogens is 1. The van der Waals surface area contributed by atoms with Crippen molar-refractivity contribution in [3.05, 3.63) is 71.9 Å². The molecule has 3 nitrogen and oxygen atoms in total. The lowest BCUT2D eigenvalue weighted by molar-refractivity contribution is 0.281. The van der Waals surface area contributed by atoms with Crippen LogP contribution in [0, 0.1) is 0 Å². The van der Waals surface area contributed by atoms with Crippen molar-refractivity contribution < 1.29 is 9.84 Å². The number of rotatable bonds is 4. The SMILES string of the molecule is OCc1ccc(OCc2ccnc3ccccc23)cc1. The van der Waals surface area contributed by atoms with Crippen molar-refractivity contribution in [3.63, 3.8) is 0 Å². The maximum atomic E-state index is 9.01. The quantitative estimate of drug-likeness (QED) is 0.787. The molecule has 2 aromatic carbocycles. The van der Waals surface area contributed by atoms with Crippen LogP contribution in [0.4, 0.5) is 0 Å². The molecule has 0 unspecified atom stereocenters. The Hall–Kier alpha value is -2.39. The number of fused-ring (bicyclic) bond motifs is 1. The Morgan fingerprint density at radius 3 is 2.55 bits per heavy atom. The lowest BCUT2D eigenvalue weighted by Crippen LogP contribution is -1.97. The van der Waals surface area contributed by atoms with Crippen LogP contribution in [0.3, 0.4) is 0 Å². The molecule has 0 atom stereocenters. The monoisotopic (exact) mass is 265 g/mol. The number of aliphatic hydroxyl groups excluding tert-OH is 1. The van der Waals surface area contributed by atoms with Crippen molar-refractivity contribution in [2.24, 2.45) is 0 Å². The molecule has 20 heavy (non-hydrogen) atoms. The van der Waals surface area contributed by atoms with E-state index in [2.05, 4.69) is 11.1 Å². The third-order valence-corrected chi connectivity index (χ3v) is 3.24. The standard InChI is InChI=1S/C17H15NO2/c19-11-13-5-7-15(8-6-13)20-12-14-9-10-18-17-4-2-1-3-16(14)17/h1-10,19H,11-12H2. The van der Waals surface area contributed by atoms with E-state index in [-0.39, 0.29) is 6.61 Å². The van der Waals surface area contributed by atoms with Gasteiger partial charge >= 0.3 is 0 Å². The molecule has 0 fully saturated rings. The van der Waals surface area contributed by atoms with Crippen molar-refractivity contribution >= 4 is 10.9 Å². The molecule has 0 amide bonds. The molecule has 0 aliphatic rings. The number of para-hydroxylation sites is 1. The Morgan fingerprint density at radius 1 is 0.950 bits per heavy atom. The van der Waals surface area contributed by atoms with E-state index in [0.29, 0.717) is 6.61 Å². The molecule has 0 radical (unpaired) electrons. The second-order valence-electron chi connectivity index (χ2n) is 4.58. The Bertz CT molecular complexity index is 702. The largest absolute Gasteiger partial charge is 0.489 e. The summed E-state index contributed by atoms with van der Waals surface area (Å²) < 4.78 is 5.79. The molecule has 0 aliphatic carbocycles. The van der Waals surface area contributed by atoms with Crippen LogP contribution in [0.5, 0.6) is 5.75 Å². The summed E-state index contributed by atoms with van der Waals surface area (Å²) in [6, 6.07) is 17.5. The molecular weight excluding hydrogens is 250 g/mol. The number of benzene rings is 2. The Labute approximate surface area is 117 Å². The van der Waals surface area contributed by atoms with Gasteiger partial charge in [-0.15, -0.1) is 0 Å². The maximum Gasteiger partial charge on any atom is 0.119 e. The zero-order valence-corrected chi connectivity index (χ0v) is 11.0. The summed E-state index contributed by atoms with van der Waals surface area (Å²) in [6.07, 6.45) is 1.80. The van der Waals surface area contributed by atoms with Crippen molar-refractivity contribution in [3.8, 4) is 5.75 Å². The van der Waals surface area contributed by atoms with Crippen LogP contribution in [0.2, 0.25) is 0 Å². The highest BCUT2D eigenvalue weighted by molar-refractivity contribution is 5.81. The molecule has 100 valence electrons. The molecule has 1 N–H and O–H groups in total. The number of nitrogens with zero attached hydrogens (tertiary/aromatic N) is 1. The number of pyridine rings is 1. The highest BCUT2D eigenvalue weighted by Gasteiger charge is 2.02. The molecule has 3 aromatic rings. The van der Waals surface area contributed by atoms with Crippen molar-refractivity contribution in [2.45, 2.75) is 13.2 Å². The fraction of sp³-hybridized carbons (Fsp3) is 0.118. The molecule has 0 bridgehead atoms. The topological polar surface area (TPSA) is 42.4 Å². The van der Waals surface area contributed by atoms with E-state index < -0.39 is 0 Å². The molecule has 1 heterocycles. The van der Waals surface area contributed by atoms with Crippen LogP contribution in [0.25, 0.3) is 10.9 Å². The van der Waals surface area contributed by atoms with E-state index in [1.165, 1.54) is 0 Å². The molecule has 0 saturated heterocycles. The van der Waals surface area contributed by atoms with Gasteiger partial charge in [0.05, 0.1) is 12.1 Å². The van der Waals surface area contributed by atoms with E-state index in [0.717, 1.165) is 27.8 Å². The number of ether oxygens (including phenoxy) is 1. The summed E-state index contributed by atoms with van der Waals surface area (Å²) in [6.45, 7) is 0.552. The second-order valence-corrected chi connectivity index (χ2v) is 4.58. The third kappa shape index (κ3) is 2.63. The first-order valence-electron chi connectivity index (χ1n) is 6.52. The number of aliphatic hydroxyl groups is 1. The average Bonchev–Trinajstić information content (AvgIpc) is 2.53. The molecule has 0 aliphatic heterocycles. The van der Waals surface area contributed by atoms with Gasteiger partial charge in [-0.05, 0) is 29.8 Å². The lowest BCUT2D eigenvalue weighted by atomic mass is 10.1. The van der Waals surface area contributed by atoms with Gasteiger partial charge in [0, 0.05) is 17.1 Å². The van der Waals surface area contributed by atoms with Gasteiger partial charge in [-0.25, -0.2) is 0 Å². The van der Waals surface area contributed by atoms with Crippen molar-refractivity contribution in [1.29, 1.82) is 0 Å². The summed E-state index contributed by atoms with van der Waals surface area (Å²) in [5.41, 5.74) is 2.97. The summed E-state index contributed by atoms with van der Waals surface area (Å²) in [4.78, 5) is 4.34. The minimum absolute atomic E-state index is 0.0509. The van der Waals surface area contributed by atoms with Gasteiger partial charge in [0.1, 0.15) is 12.4 Å². The Kier molecular flexibility index (Phi) is 3.61. The fourth-order valence-corrected chi connectivity index (χ4v) is 2.13. The fourth-order valence-electron chi connectivity index (χ4n) is 2.13. The van der Waals surface area contributed by atoms with Gasteiger partial charge in [-0.2, -0.15) is 0 Å². The van der Waals surface area contributed by atoms with Gasteiger partial charge in [0.25, 0.3) is 0 Å². The van der Waals surface area contributed by atoms with E-state index in [4.69, 9.17) is 9.84 Å². The minimum atomic E-state index is 0.0509. The van der Waals surface area contributed by atoms with Crippen LogP contribution < -0.4 is 4.74 Å². The number of hydrogen-bond donors (Lipinski definition) is 1. The van der Waals surface area contributed by atoms with Gasteiger partial charge in [-0.3, -0.25) is 4.98 Å². The van der Waals surface area contributed by atoms with Crippen LogP contribution >= 0.6 is 0 Å². The summed E-state index contributed by atoms with van der Waals surface area (Å²) in [5, 5.41) is 10.1. The highest BCUT2D eigenvalue weighted by Crippen LogP contribution is 2.19. The molecule has 3 heteroatoms. The van der Waals surface area contributed by atoms with Gasteiger partial charge in [0.15, 0.2) is 0 Å². The van der Waals surface area contributed by atoms with E-state index in [9.17, 15) is 0 Å². The van der Waals surface area contributed by atoms with Crippen molar-refractivity contribution in [2.75, 3.05) is 0 Å². The predicted octanol–water partition coefficient (Wildman–Crippen LogP) is 3.31. The van der Waals surface area contributed by atoms with Crippen LogP contribution in [0.1, 0.15) is 11.1 Å². The van der Waals surface area contributed by atoms with Gasteiger partial charge in [-0.1, -0.05) is 30.3 Å². The number of hydrogen-bond acceptors (Lipinski definition) is 3. The molecular formula is C17H15NO2. The summed E-state index contributed by atoms with van der Waals surface area (Å²) >= 11 is 0. The first-order valence-corrected chi connectivity index (χ1v) is 6.52. The van der Waals surface area contributed by atoms with Crippen molar-refractivity contribution in [1.82, 2.24) is 4.98 Å². The molecule has 0 spiro atoms. The summed E-state index contributed by atoms with van der Waals surface area (Å²) in [7, 11) is 0. The van der Waals surface area contributed by atoms with Gasteiger partial charge in [0.2, 0.25) is 0 Å². The first kappa shape index (κ1) is 12.6. The van der Waals surface area contributed by atoms with Crippen LogP contribution in [-0.2, 0) is 13.2 Å². The zero-order valence-electron chi connectivity index (χ0n) is 11.0. The summed E-state index contributed by atoms with van der Waals surface area (Å²) in [5.74, 6) is 0.795. The van der Waals surface area contributed by atoms with E-state index >= 15 is 0 Å². The molecule has 1 aromatic heterocycles. The molecule has 3 rings (SSSR count). The smallest absolute Gasteiger partial charge is 0.119 e. The highest BCUT2D eigenvalue weighted by atomic mass is 16.5. The average molecular weight is 265 g/mol. The Balaban J connectivity index is 1.79. The third-order valence-electron chi connectivity index (χ3n) is 3.24.